The highest BCUT2D eigenvalue weighted by atomic mass is 32.2. The van der Waals surface area contributed by atoms with E-state index in [-0.39, 0.29) is 16.7 Å². The number of benzene rings is 1. The van der Waals surface area contributed by atoms with E-state index in [1.165, 1.54) is 7.05 Å². The molecule has 1 aromatic carbocycles. The normalized spacial score (nSPS) is 15.3. The Balaban J connectivity index is 1.96. The molecule has 2 heterocycles. The largest absolute Gasteiger partial charge is 0.310 e. The third kappa shape index (κ3) is 3.51. The van der Waals surface area contributed by atoms with Gasteiger partial charge in [-0.1, -0.05) is 13.8 Å². The van der Waals surface area contributed by atoms with Crippen LogP contribution in [0.2, 0.25) is 0 Å². The summed E-state index contributed by atoms with van der Waals surface area (Å²) in [6.07, 6.45) is 0.635. The standard InChI is InChI=1S/C19H26N4O3S/c1-12(2)18(23-14(4)10-13(3)21-23)19(24)22-9-8-15-11-16(6-7-17(15)22)27(25,26)20-5/h6-7,10-12,18,20H,8-9H2,1-5H3. The number of nitrogens with zero attached hydrogens (tertiary/aromatic N) is 3. The van der Waals surface area contributed by atoms with Gasteiger partial charge >= 0.3 is 0 Å². The summed E-state index contributed by atoms with van der Waals surface area (Å²) >= 11 is 0. The third-order valence-corrected chi connectivity index (χ3v) is 6.40. The Morgan fingerprint density at radius 2 is 1.93 bits per heavy atom. The van der Waals surface area contributed by atoms with E-state index in [0.717, 1.165) is 22.6 Å². The summed E-state index contributed by atoms with van der Waals surface area (Å²) in [5, 5.41) is 4.52. The average Bonchev–Trinajstić information content (AvgIpc) is 3.17. The highest BCUT2D eigenvalue weighted by Crippen LogP contribution is 2.33. The molecule has 3 rings (SSSR count). The first kappa shape index (κ1) is 19.6. The van der Waals surface area contributed by atoms with Crippen molar-refractivity contribution in [2.45, 2.75) is 45.1 Å². The molecular formula is C19H26N4O3S. The highest BCUT2D eigenvalue weighted by molar-refractivity contribution is 7.89. The number of hydrogen-bond donors (Lipinski definition) is 1. The van der Waals surface area contributed by atoms with Crippen LogP contribution in [0.25, 0.3) is 0 Å². The molecule has 1 aliphatic heterocycles. The van der Waals surface area contributed by atoms with E-state index in [4.69, 9.17) is 0 Å². The minimum absolute atomic E-state index is 0.0147. The number of hydrogen-bond acceptors (Lipinski definition) is 4. The lowest BCUT2D eigenvalue weighted by Crippen LogP contribution is -2.39. The number of carbonyl (C=O) groups is 1. The maximum Gasteiger partial charge on any atom is 0.252 e. The van der Waals surface area contributed by atoms with Crippen molar-refractivity contribution in [2.75, 3.05) is 18.5 Å². The predicted molar refractivity (Wildman–Crippen MR) is 104 cm³/mol. The second kappa shape index (κ2) is 7.09. The summed E-state index contributed by atoms with van der Waals surface area (Å²) in [5.74, 6) is 0.0580. The first-order valence-corrected chi connectivity index (χ1v) is 10.5. The number of anilines is 1. The Morgan fingerprint density at radius 1 is 1.22 bits per heavy atom. The lowest BCUT2D eigenvalue weighted by Gasteiger charge is -2.27. The summed E-state index contributed by atoms with van der Waals surface area (Å²) in [7, 11) is -2.11. The number of aromatic nitrogens is 2. The lowest BCUT2D eigenvalue weighted by atomic mass is 10.0. The SMILES string of the molecule is CNS(=O)(=O)c1ccc2c(c1)CCN2C(=O)C(C(C)C)n1nc(C)cc1C. The molecule has 7 nitrogen and oxygen atoms in total. The van der Waals surface area contributed by atoms with Crippen LogP contribution in [0, 0.1) is 19.8 Å². The van der Waals surface area contributed by atoms with Crippen LogP contribution in [0.5, 0.6) is 0 Å². The number of fused-ring (bicyclic) bond motifs is 1. The number of nitrogens with one attached hydrogen (secondary N) is 1. The van der Waals surface area contributed by atoms with Gasteiger partial charge in [0.05, 0.1) is 10.6 Å². The Labute approximate surface area is 160 Å². The van der Waals surface area contributed by atoms with Crippen molar-refractivity contribution in [1.82, 2.24) is 14.5 Å². The summed E-state index contributed by atoms with van der Waals surface area (Å²) in [6.45, 7) is 8.44. The number of aryl methyl sites for hydroxylation is 2. The van der Waals surface area contributed by atoms with Crippen molar-refractivity contribution in [2.24, 2.45) is 5.92 Å². The molecule has 0 saturated heterocycles. The van der Waals surface area contributed by atoms with Gasteiger partial charge in [-0.25, -0.2) is 13.1 Å². The molecule has 2 aromatic rings. The van der Waals surface area contributed by atoms with E-state index in [1.54, 1.807) is 27.8 Å². The van der Waals surface area contributed by atoms with E-state index >= 15 is 0 Å². The summed E-state index contributed by atoms with van der Waals surface area (Å²) in [4.78, 5) is 15.4. The van der Waals surface area contributed by atoms with Crippen molar-refractivity contribution >= 4 is 21.6 Å². The maximum absolute atomic E-state index is 13.4. The molecular weight excluding hydrogens is 364 g/mol. The molecule has 0 spiro atoms. The third-order valence-electron chi connectivity index (χ3n) is 4.98. The number of sulfonamides is 1. The molecule has 0 saturated carbocycles. The lowest BCUT2D eigenvalue weighted by molar-refractivity contribution is -0.123. The molecule has 1 unspecified atom stereocenters. The second-order valence-electron chi connectivity index (χ2n) is 7.30. The topological polar surface area (TPSA) is 84.3 Å². The molecule has 1 atom stereocenters. The van der Waals surface area contributed by atoms with Gasteiger partial charge in [0, 0.05) is 17.9 Å². The average molecular weight is 391 g/mol. The minimum atomic E-state index is -3.50. The van der Waals surface area contributed by atoms with Crippen molar-refractivity contribution in [3.05, 3.63) is 41.2 Å². The van der Waals surface area contributed by atoms with E-state index in [0.29, 0.717) is 13.0 Å². The van der Waals surface area contributed by atoms with Crippen LogP contribution in [0.4, 0.5) is 5.69 Å². The fourth-order valence-corrected chi connectivity index (χ4v) is 4.43. The van der Waals surface area contributed by atoms with Gasteiger partial charge in [-0.05, 0) is 63.1 Å². The zero-order valence-electron chi connectivity index (χ0n) is 16.4. The van der Waals surface area contributed by atoms with Crippen molar-refractivity contribution in [1.29, 1.82) is 0 Å². The van der Waals surface area contributed by atoms with Gasteiger partial charge in [0.15, 0.2) is 0 Å². The van der Waals surface area contributed by atoms with Crippen LogP contribution in [0.15, 0.2) is 29.2 Å². The molecule has 0 radical (unpaired) electrons. The number of rotatable bonds is 5. The Hall–Kier alpha value is -2.19. The van der Waals surface area contributed by atoms with E-state index < -0.39 is 16.1 Å². The quantitative estimate of drug-likeness (QED) is 0.848. The van der Waals surface area contributed by atoms with Gasteiger partial charge in [-0.3, -0.25) is 9.48 Å². The van der Waals surface area contributed by atoms with Crippen LogP contribution in [-0.2, 0) is 21.2 Å². The highest BCUT2D eigenvalue weighted by Gasteiger charge is 2.34. The first-order chi connectivity index (χ1) is 12.7. The van der Waals surface area contributed by atoms with Gasteiger partial charge in [-0.2, -0.15) is 5.10 Å². The zero-order valence-corrected chi connectivity index (χ0v) is 17.2. The maximum atomic E-state index is 13.4. The van der Waals surface area contributed by atoms with Gasteiger partial charge in [-0.15, -0.1) is 0 Å². The fraction of sp³-hybridized carbons (Fsp3) is 0.474. The van der Waals surface area contributed by atoms with Crippen LogP contribution in [0.3, 0.4) is 0 Å². The summed E-state index contributed by atoms with van der Waals surface area (Å²) < 4.78 is 28.2. The molecule has 0 bridgehead atoms. The number of amides is 1. The van der Waals surface area contributed by atoms with Crippen LogP contribution >= 0.6 is 0 Å². The molecule has 8 heteroatoms. The smallest absolute Gasteiger partial charge is 0.252 e. The minimum Gasteiger partial charge on any atom is -0.310 e. The van der Waals surface area contributed by atoms with Crippen LogP contribution in [0.1, 0.15) is 36.8 Å². The molecule has 1 aliphatic rings. The van der Waals surface area contributed by atoms with Crippen molar-refractivity contribution < 1.29 is 13.2 Å². The Kier molecular flexibility index (Phi) is 5.14. The van der Waals surface area contributed by atoms with E-state index in [9.17, 15) is 13.2 Å². The van der Waals surface area contributed by atoms with Gasteiger partial charge in [0.1, 0.15) is 6.04 Å². The Morgan fingerprint density at radius 3 is 2.48 bits per heavy atom. The predicted octanol–water partition coefficient (Wildman–Crippen LogP) is 2.19. The summed E-state index contributed by atoms with van der Waals surface area (Å²) in [5.41, 5.74) is 3.49. The van der Waals surface area contributed by atoms with Gasteiger partial charge < -0.3 is 4.90 Å². The van der Waals surface area contributed by atoms with E-state index in [2.05, 4.69) is 9.82 Å². The molecule has 27 heavy (non-hydrogen) atoms. The molecule has 1 amide bonds. The molecule has 146 valence electrons. The Bertz CT molecular complexity index is 979. The zero-order chi connectivity index (χ0) is 19.9. The first-order valence-electron chi connectivity index (χ1n) is 9.06. The molecule has 1 aromatic heterocycles. The van der Waals surface area contributed by atoms with Crippen molar-refractivity contribution in [3.63, 3.8) is 0 Å². The van der Waals surface area contributed by atoms with Crippen molar-refractivity contribution in [3.8, 4) is 0 Å². The summed E-state index contributed by atoms with van der Waals surface area (Å²) in [6, 6.07) is 6.50. The fourth-order valence-electron chi connectivity index (χ4n) is 3.65. The van der Waals surface area contributed by atoms with E-state index in [1.807, 2.05) is 33.8 Å². The molecule has 0 fully saturated rings. The molecule has 1 N–H and O–H groups in total. The van der Waals surface area contributed by atoms with Crippen LogP contribution in [-0.4, -0.2) is 37.7 Å². The second-order valence-corrected chi connectivity index (χ2v) is 9.19. The van der Waals surface area contributed by atoms with Crippen LogP contribution < -0.4 is 9.62 Å². The monoisotopic (exact) mass is 390 g/mol. The van der Waals surface area contributed by atoms with Gasteiger partial charge in [0.2, 0.25) is 10.0 Å². The number of carbonyl (C=O) groups excluding carboxylic acids is 1. The van der Waals surface area contributed by atoms with Gasteiger partial charge in [0.25, 0.3) is 5.91 Å². The molecule has 0 aliphatic carbocycles.